The molecule has 31 heavy (non-hydrogen) atoms. The lowest BCUT2D eigenvalue weighted by molar-refractivity contribution is -0.152. The minimum atomic E-state index is -0.935. The number of nitrogens with two attached hydrogens (primary N) is 1. The van der Waals surface area contributed by atoms with E-state index >= 15 is 0 Å². The molecule has 0 bridgehead atoms. The minimum Gasteiger partial charge on any atom is -0.480 e. The molecule has 2 rings (SSSR count). The van der Waals surface area contributed by atoms with Crippen LogP contribution >= 0.6 is 0 Å². The smallest absolute Gasteiger partial charge is 0.326 e. The number of fused-ring (bicyclic) bond motifs is 1. The lowest BCUT2D eigenvalue weighted by Gasteiger charge is -2.35. The van der Waals surface area contributed by atoms with Gasteiger partial charge in [0.05, 0.1) is 12.6 Å². The molecule has 2 aliphatic rings. The van der Waals surface area contributed by atoms with Crippen molar-refractivity contribution in [3.8, 4) is 0 Å². The molecule has 2 fully saturated rings. The van der Waals surface area contributed by atoms with E-state index in [1.54, 1.807) is 18.7 Å². The zero-order valence-corrected chi connectivity index (χ0v) is 19.8. The normalized spacial score (nSPS) is 24.4. The molecule has 1 amide bonds. The molecule has 1 aliphatic heterocycles. The first-order valence-electron chi connectivity index (χ1n) is 12.0. The van der Waals surface area contributed by atoms with Gasteiger partial charge in [0.15, 0.2) is 0 Å². The topological polar surface area (TPSA) is 122 Å². The van der Waals surface area contributed by atoms with Crippen molar-refractivity contribution in [2.24, 2.45) is 11.7 Å². The van der Waals surface area contributed by atoms with Crippen LogP contribution in [0.4, 0.5) is 0 Å². The number of carboxylic acids is 1. The Morgan fingerprint density at radius 2 is 1.84 bits per heavy atom. The van der Waals surface area contributed by atoms with E-state index in [-0.39, 0.29) is 23.8 Å². The zero-order valence-electron chi connectivity index (χ0n) is 19.8. The van der Waals surface area contributed by atoms with E-state index in [1.807, 2.05) is 6.92 Å². The highest BCUT2D eigenvalue weighted by Gasteiger charge is 2.48. The number of ether oxygens (including phenoxy) is 1. The fourth-order valence-corrected chi connectivity index (χ4v) is 4.60. The van der Waals surface area contributed by atoms with Gasteiger partial charge in [-0.15, -0.1) is 0 Å². The molecule has 8 nitrogen and oxygen atoms in total. The van der Waals surface area contributed by atoms with Gasteiger partial charge in [-0.25, -0.2) is 4.79 Å². The number of aliphatic carboxylic acids is 1. The number of rotatable bonds is 10. The Morgan fingerprint density at radius 1 is 1.16 bits per heavy atom. The molecule has 0 aromatic rings. The predicted molar refractivity (Wildman–Crippen MR) is 121 cm³/mol. The Hall–Kier alpha value is -1.67. The largest absolute Gasteiger partial charge is 0.480 e. The number of nitrogens with one attached hydrogen (secondary N) is 1. The first-order valence-corrected chi connectivity index (χ1v) is 12.0. The molecule has 4 N–H and O–H groups in total. The third-order valence-corrected chi connectivity index (χ3v) is 6.16. The Balaban J connectivity index is 0.000000861. The van der Waals surface area contributed by atoms with Gasteiger partial charge in [0.25, 0.3) is 0 Å². The number of unbranched alkanes of at least 4 members (excludes halogenated alkanes) is 1. The predicted octanol–water partition coefficient (Wildman–Crippen LogP) is 2.69. The number of likely N-dealkylation sites (tertiary alicyclic amines) is 1. The molecule has 1 saturated carbocycles. The molecule has 0 aromatic carbocycles. The van der Waals surface area contributed by atoms with Crippen molar-refractivity contribution in [1.29, 1.82) is 0 Å². The Labute approximate surface area is 187 Å². The van der Waals surface area contributed by atoms with Crippen LogP contribution in [0, 0.1) is 5.92 Å². The molecule has 5 atom stereocenters. The van der Waals surface area contributed by atoms with Crippen LogP contribution in [0.3, 0.4) is 0 Å². The van der Waals surface area contributed by atoms with Crippen LogP contribution in [-0.2, 0) is 19.1 Å². The quantitative estimate of drug-likeness (QED) is 0.446. The summed E-state index contributed by atoms with van der Waals surface area (Å²) in [5.74, 6) is -1.24. The summed E-state index contributed by atoms with van der Waals surface area (Å²) in [4.78, 5) is 38.5. The number of carbonyl (C=O) groups is 3. The molecule has 0 spiro atoms. The summed E-state index contributed by atoms with van der Waals surface area (Å²) >= 11 is 0. The molecule has 1 aliphatic carbocycles. The standard InChI is InChI=1S/C19H32N2O5.C4H11N/c1-4-8-14(19(25)26-5-2)20-12(3)17(22)21-15-10-7-6-9-13(15)11-16(21)18(23)24;1-2-3-4-5/h12-16,20H,4-11H2,1-3H3,(H,23,24);2-5H2,1H3/t12?,13-,14?,15-,16-;/m0./s1. The first-order chi connectivity index (χ1) is 14.8. The maximum Gasteiger partial charge on any atom is 0.326 e. The lowest BCUT2D eigenvalue weighted by Crippen LogP contribution is -2.55. The molecule has 2 unspecified atom stereocenters. The summed E-state index contributed by atoms with van der Waals surface area (Å²) in [5.41, 5.74) is 5.14. The highest BCUT2D eigenvalue weighted by Crippen LogP contribution is 2.40. The van der Waals surface area contributed by atoms with E-state index < -0.39 is 24.1 Å². The highest BCUT2D eigenvalue weighted by molar-refractivity contribution is 5.88. The number of hydrogen-bond acceptors (Lipinski definition) is 6. The molecule has 180 valence electrons. The highest BCUT2D eigenvalue weighted by atomic mass is 16.5. The van der Waals surface area contributed by atoms with Crippen molar-refractivity contribution in [1.82, 2.24) is 10.2 Å². The van der Waals surface area contributed by atoms with Crippen LogP contribution in [0.15, 0.2) is 0 Å². The lowest BCUT2D eigenvalue weighted by atomic mass is 9.84. The third kappa shape index (κ3) is 8.07. The fourth-order valence-electron chi connectivity index (χ4n) is 4.60. The maximum atomic E-state index is 13.1. The Morgan fingerprint density at radius 3 is 2.35 bits per heavy atom. The van der Waals surface area contributed by atoms with Crippen molar-refractivity contribution in [2.75, 3.05) is 13.2 Å². The van der Waals surface area contributed by atoms with Crippen LogP contribution in [0.25, 0.3) is 0 Å². The molecule has 8 heteroatoms. The van der Waals surface area contributed by atoms with Gasteiger partial charge in [-0.3, -0.25) is 14.9 Å². The van der Waals surface area contributed by atoms with Gasteiger partial charge in [-0.2, -0.15) is 0 Å². The summed E-state index contributed by atoms with van der Waals surface area (Å²) in [5, 5.41) is 12.7. The maximum absolute atomic E-state index is 13.1. The van der Waals surface area contributed by atoms with Crippen molar-refractivity contribution in [3.05, 3.63) is 0 Å². The van der Waals surface area contributed by atoms with Gasteiger partial charge in [0, 0.05) is 6.04 Å². The van der Waals surface area contributed by atoms with Gasteiger partial charge in [-0.05, 0) is 58.4 Å². The monoisotopic (exact) mass is 441 g/mol. The van der Waals surface area contributed by atoms with Gasteiger partial charge >= 0.3 is 11.9 Å². The minimum absolute atomic E-state index is 0.00817. The summed E-state index contributed by atoms with van der Waals surface area (Å²) in [6.45, 7) is 8.69. The number of hydrogen-bond donors (Lipinski definition) is 3. The van der Waals surface area contributed by atoms with E-state index in [2.05, 4.69) is 12.2 Å². The van der Waals surface area contributed by atoms with Gasteiger partial charge in [0.2, 0.25) is 5.91 Å². The molecule has 1 saturated heterocycles. The number of esters is 1. The average molecular weight is 442 g/mol. The van der Waals surface area contributed by atoms with Gasteiger partial charge in [-0.1, -0.05) is 39.5 Å². The van der Waals surface area contributed by atoms with E-state index in [1.165, 1.54) is 12.8 Å². The molecule has 0 radical (unpaired) electrons. The van der Waals surface area contributed by atoms with Gasteiger partial charge < -0.3 is 20.5 Å². The van der Waals surface area contributed by atoms with E-state index in [0.717, 1.165) is 38.6 Å². The first kappa shape index (κ1) is 27.4. The number of carboxylic acid groups (broad SMARTS) is 1. The SMILES string of the molecule is CCCC(NC(C)C(=O)N1[C@H](C(=O)O)C[C@@H]2CCCC[C@@H]21)C(=O)OCC.CCCCN. The summed E-state index contributed by atoms with van der Waals surface area (Å²) in [6.07, 6.45) is 8.26. The van der Waals surface area contributed by atoms with Crippen molar-refractivity contribution >= 4 is 17.8 Å². The zero-order chi connectivity index (χ0) is 23.4. The van der Waals surface area contributed by atoms with E-state index in [4.69, 9.17) is 10.5 Å². The molecule has 0 aromatic heterocycles. The second kappa shape index (κ2) is 14.4. The van der Waals surface area contributed by atoms with Gasteiger partial charge in [0.1, 0.15) is 12.1 Å². The summed E-state index contributed by atoms with van der Waals surface area (Å²) < 4.78 is 5.09. The van der Waals surface area contributed by atoms with Crippen LogP contribution in [0.2, 0.25) is 0 Å². The van der Waals surface area contributed by atoms with Crippen LogP contribution in [-0.4, -0.2) is 65.2 Å². The Bertz CT molecular complexity index is 569. The second-order valence-corrected chi connectivity index (χ2v) is 8.57. The molecular weight excluding hydrogens is 398 g/mol. The fraction of sp³-hybridized carbons (Fsp3) is 0.870. The summed E-state index contributed by atoms with van der Waals surface area (Å²) in [7, 11) is 0. The number of amides is 1. The number of carbonyl (C=O) groups excluding carboxylic acids is 2. The third-order valence-electron chi connectivity index (χ3n) is 6.16. The van der Waals surface area contributed by atoms with Crippen LogP contribution in [0.5, 0.6) is 0 Å². The summed E-state index contributed by atoms with van der Waals surface area (Å²) in [6, 6.07) is -1.92. The molecule has 1 heterocycles. The van der Waals surface area contributed by atoms with Crippen LogP contribution in [0.1, 0.15) is 85.5 Å². The second-order valence-electron chi connectivity index (χ2n) is 8.57. The van der Waals surface area contributed by atoms with E-state index in [0.29, 0.717) is 19.4 Å². The molecular formula is C23H43N3O5. The van der Waals surface area contributed by atoms with Crippen molar-refractivity contribution in [2.45, 2.75) is 110 Å². The Kier molecular flexibility index (Phi) is 12.7. The number of nitrogens with zero attached hydrogens (tertiary/aromatic N) is 1. The van der Waals surface area contributed by atoms with E-state index in [9.17, 15) is 19.5 Å². The van der Waals surface area contributed by atoms with Crippen molar-refractivity contribution < 1.29 is 24.2 Å². The average Bonchev–Trinajstić information content (AvgIpc) is 3.14. The van der Waals surface area contributed by atoms with Crippen molar-refractivity contribution in [3.63, 3.8) is 0 Å². The van der Waals surface area contributed by atoms with Crippen LogP contribution < -0.4 is 11.1 Å².